The van der Waals surface area contributed by atoms with Gasteiger partial charge in [-0.3, -0.25) is 0 Å². The molecule has 0 amide bonds. The van der Waals surface area contributed by atoms with Crippen LogP contribution in [0.4, 0.5) is 5.95 Å². The molecule has 100 valence electrons. The minimum Gasteiger partial charge on any atom is -0.480 e. The largest absolute Gasteiger partial charge is 0.480 e. The number of nitrogens with zero attached hydrogens (tertiary/aromatic N) is 2. The highest BCUT2D eigenvalue weighted by Gasteiger charge is 2.25. The summed E-state index contributed by atoms with van der Waals surface area (Å²) >= 11 is 3.32. The summed E-state index contributed by atoms with van der Waals surface area (Å²) in [6.45, 7) is 0.214. The summed E-state index contributed by atoms with van der Waals surface area (Å²) in [4.78, 5) is 8.50. The summed E-state index contributed by atoms with van der Waals surface area (Å²) in [6.07, 6.45) is 6.15. The average molecular weight is 316 g/mol. The summed E-state index contributed by atoms with van der Waals surface area (Å²) in [6, 6.07) is 0.245. The topological polar surface area (TPSA) is 67.3 Å². The Balaban J connectivity index is 2.07. The van der Waals surface area contributed by atoms with Gasteiger partial charge >= 0.3 is 0 Å². The Kier molecular flexibility index (Phi) is 4.77. The molecule has 18 heavy (non-hydrogen) atoms. The maximum Gasteiger partial charge on any atom is 0.232 e. The Bertz CT molecular complexity index is 403. The van der Waals surface area contributed by atoms with Gasteiger partial charge in [0.15, 0.2) is 0 Å². The monoisotopic (exact) mass is 315 g/mol. The fourth-order valence-corrected chi connectivity index (χ4v) is 2.70. The van der Waals surface area contributed by atoms with Crippen molar-refractivity contribution in [2.75, 3.05) is 19.0 Å². The molecule has 6 heteroatoms. The van der Waals surface area contributed by atoms with Crippen molar-refractivity contribution >= 4 is 21.9 Å². The lowest BCUT2D eigenvalue weighted by atomic mass is 9.85. The van der Waals surface area contributed by atoms with Crippen molar-refractivity contribution in [3.63, 3.8) is 0 Å². The first-order valence-electron chi connectivity index (χ1n) is 6.18. The summed E-state index contributed by atoms with van der Waals surface area (Å²) in [5.41, 5.74) is 0. The molecule has 2 unspecified atom stereocenters. The van der Waals surface area contributed by atoms with Crippen LogP contribution >= 0.6 is 15.9 Å². The number of rotatable bonds is 4. The van der Waals surface area contributed by atoms with Crippen molar-refractivity contribution in [1.82, 2.24) is 9.97 Å². The number of aliphatic hydroxyl groups is 1. The van der Waals surface area contributed by atoms with Crippen LogP contribution in [0.2, 0.25) is 0 Å². The molecule has 1 aliphatic rings. The zero-order valence-corrected chi connectivity index (χ0v) is 12.0. The van der Waals surface area contributed by atoms with E-state index < -0.39 is 0 Å². The van der Waals surface area contributed by atoms with Gasteiger partial charge in [0.25, 0.3) is 0 Å². The molecule has 2 N–H and O–H groups in total. The molecule has 5 nitrogen and oxygen atoms in total. The molecule has 0 radical (unpaired) electrons. The first-order valence-corrected chi connectivity index (χ1v) is 6.98. The Hall–Kier alpha value is -0.880. The fourth-order valence-electron chi connectivity index (χ4n) is 2.35. The number of nitrogens with one attached hydrogen (secondary N) is 1. The number of methoxy groups -OCH3 is 1. The van der Waals surface area contributed by atoms with Gasteiger partial charge < -0.3 is 15.2 Å². The third kappa shape index (κ3) is 3.11. The van der Waals surface area contributed by atoms with Crippen LogP contribution in [-0.2, 0) is 0 Å². The molecular formula is C12H18BrN3O2. The first kappa shape index (κ1) is 13.5. The Morgan fingerprint density at radius 2 is 2.28 bits per heavy atom. The third-order valence-corrected chi connectivity index (χ3v) is 3.91. The van der Waals surface area contributed by atoms with Crippen molar-refractivity contribution in [3.05, 3.63) is 10.7 Å². The minimum absolute atomic E-state index is 0.214. The van der Waals surface area contributed by atoms with E-state index in [1.54, 1.807) is 13.3 Å². The summed E-state index contributed by atoms with van der Waals surface area (Å²) < 4.78 is 5.87. The van der Waals surface area contributed by atoms with E-state index in [0.717, 1.165) is 17.3 Å². The first-order chi connectivity index (χ1) is 8.74. The van der Waals surface area contributed by atoms with Crippen LogP contribution in [0.3, 0.4) is 0 Å². The van der Waals surface area contributed by atoms with Gasteiger partial charge in [0.1, 0.15) is 0 Å². The second-order valence-corrected chi connectivity index (χ2v) is 5.38. The van der Waals surface area contributed by atoms with Gasteiger partial charge in [-0.1, -0.05) is 12.8 Å². The zero-order chi connectivity index (χ0) is 13.0. The number of halogens is 1. The molecule has 2 rings (SSSR count). The van der Waals surface area contributed by atoms with E-state index in [0.29, 0.717) is 11.8 Å². The molecule has 1 heterocycles. The molecule has 0 saturated heterocycles. The third-order valence-electron chi connectivity index (χ3n) is 3.36. The molecule has 1 aliphatic carbocycles. The number of aromatic nitrogens is 2. The standard InChI is InChI=1S/C12H18BrN3O2/c1-18-11-9(13)6-14-12(16-11)15-10-5-3-2-4-8(10)7-17/h6,8,10,17H,2-5,7H2,1H3,(H,14,15,16). The molecular weight excluding hydrogens is 298 g/mol. The predicted molar refractivity (Wildman–Crippen MR) is 72.7 cm³/mol. The normalized spacial score (nSPS) is 23.7. The number of anilines is 1. The van der Waals surface area contributed by atoms with E-state index in [1.807, 2.05) is 0 Å². The maximum atomic E-state index is 9.37. The average Bonchev–Trinajstić information content (AvgIpc) is 2.41. The van der Waals surface area contributed by atoms with Crippen LogP contribution in [0.25, 0.3) is 0 Å². The highest BCUT2D eigenvalue weighted by Crippen LogP contribution is 2.27. The molecule has 1 aromatic heterocycles. The van der Waals surface area contributed by atoms with Crippen LogP contribution in [0.15, 0.2) is 10.7 Å². The highest BCUT2D eigenvalue weighted by atomic mass is 79.9. The number of ether oxygens (including phenoxy) is 1. The molecule has 2 atom stereocenters. The molecule has 0 spiro atoms. The van der Waals surface area contributed by atoms with Crippen molar-refractivity contribution in [2.45, 2.75) is 31.7 Å². The molecule has 0 aromatic carbocycles. The van der Waals surface area contributed by atoms with E-state index in [-0.39, 0.29) is 18.6 Å². The number of hydrogen-bond acceptors (Lipinski definition) is 5. The zero-order valence-electron chi connectivity index (χ0n) is 10.4. The predicted octanol–water partition coefficient (Wildman–Crippen LogP) is 2.21. The quantitative estimate of drug-likeness (QED) is 0.891. The van der Waals surface area contributed by atoms with Gasteiger partial charge in [-0.2, -0.15) is 4.98 Å². The van der Waals surface area contributed by atoms with Crippen molar-refractivity contribution < 1.29 is 9.84 Å². The smallest absolute Gasteiger partial charge is 0.232 e. The van der Waals surface area contributed by atoms with Crippen LogP contribution < -0.4 is 10.1 Å². The van der Waals surface area contributed by atoms with Crippen LogP contribution in [-0.4, -0.2) is 34.8 Å². The minimum atomic E-state index is 0.214. The Morgan fingerprint density at radius 3 is 3.00 bits per heavy atom. The van der Waals surface area contributed by atoms with E-state index in [4.69, 9.17) is 4.74 Å². The molecule has 0 bridgehead atoms. The van der Waals surface area contributed by atoms with Gasteiger partial charge in [0, 0.05) is 18.6 Å². The van der Waals surface area contributed by atoms with Gasteiger partial charge in [-0.25, -0.2) is 4.98 Å². The molecule has 1 saturated carbocycles. The van der Waals surface area contributed by atoms with Crippen LogP contribution in [0.1, 0.15) is 25.7 Å². The van der Waals surface area contributed by atoms with E-state index >= 15 is 0 Å². The van der Waals surface area contributed by atoms with Crippen LogP contribution in [0.5, 0.6) is 5.88 Å². The fraction of sp³-hybridized carbons (Fsp3) is 0.667. The summed E-state index contributed by atoms with van der Waals surface area (Å²) in [5, 5.41) is 12.7. The van der Waals surface area contributed by atoms with Gasteiger partial charge in [-0.15, -0.1) is 0 Å². The lowest BCUT2D eigenvalue weighted by Crippen LogP contribution is -2.34. The van der Waals surface area contributed by atoms with E-state index in [2.05, 4.69) is 31.2 Å². The van der Waals surface area contributed by atoms with Crippen molar-refractivity contribution in [3.8, 4) is 5.88 Å². The Labute approximate surface area is 115 Å². The van der Waals surface area contributed by atoms with Crippen molar-refractivity contribution in [2.24, 2.45) is 5.92 Å². The van der Waals surface area contributed by atoms with Crippen molar-refractivity contribution in [1.29, 1.82) is 0 Å². The van der Waals surface area contributed by atoms with Gasteiger partial charge in [-0.05, 0) is 28.8 Å². The molecule has 1 fully saturated rings. The molecule has 0 aliphatic heterocycles. The lowest BCUT2D eigenvalue weighted by Gasteiger charge is -2.30. The number of aliphatic hydroxyl groups excluding tert-OH is 1. The van der Waals surface area contributed by atoms with E-state index in [9.17, 15) is 5.11 Å². The maximum absolute atomic E-state index is 9.37. The van der Waals surface area contributed by atoms with Gasteiger partial charge in [0.2, 0.25) is 11.8 Å². The van der Waals surface area contributed by atoms with E-state index in [1.165, 1.54) is 12.8 Å². The molecule has 1 aromatic rings. The summed E-state index contributed by atoms with van der Waals surface area (Å²) in [7, 11) is 1.58. The second kappa shape index (κ2) is 6.33. The SMILES string of the molecule is COc1nc(NC2CCCCC2CO)ncc1Br. The Morgan fingerprint density at radius 1 is 1.50 bits per heavy atom. The summed E-state index contributed by atoms with van der Waals surface area (Å²) in [5.74, 6) is 1.36. The van der Waals surface area contributed by atoms with Crippen LogP contribution in [0, 0.1) is 5.92 Å². The second-order valence-electron chi connectivity index (χ2n) is 4.53. The number of hydrogen-bond donors (Lipinski definition) is 2. The highest BCUT2D eigenvalue weighted by molar-refractivity contribution is 9.10. The van der Waals surface area contributed by atoms with Gasteiger partial charge in [0.05, 0.1) is 17.8 Å². The lowest BCUT2D eigenvalue weighted by molar-refractivity contribution is 0.178.